The van der Waals surface area contributed by atoms with E-state index in [2.05, 4.69) is 17.3 Å². The van der Waals surface area contributed by atoms with Gasteiger partial charge < -0.3 is 10.4 Å². The highest BCUT2D eigenvalue weighted by molar-refractivity contribution is 6.30. The van der Waals surface area contributed by atoms with Crippen LogP contribution in [0.2, 0.25) is 5.02 Å². The molecule has 0 fully saturated rings. The van der Waals surface area contributed by atoms with Crippen LogP contribution in [-0.2, 0) is 6.54 Å². The van der Waals surface area contributed by atoms with E-state index in [-0.39, 0.29) is 6.10 Å². The molecule has 0 saturated heterocycles. The first kappa shape index (κ1) is 17.0. The van der Waals surface area contributed by atoms with Crippen molar-refractivity contribution in [3.8, 4) is 5.69 Å². The van der Waals surface area contributed by atoms with E-state index in [0.29, 0.717) is 0 Å². The van der Waals surface area contributed by atoms with Crippen molar-refractivity contribution in [3.05, 3.63) is 46.2 Å². The van der Waals surface area contributed by atoms with Gasteiger partial charge in [-0.05, 0) is 57.5 Å². The maximum atomic E-state index is 9.57. The topological polar surface area (TPSA) is 50.1 Å². The molecule has 0 saturated carbocycles. The van der Waals surface area contributed by atoms with Gasteiger partial charge in [0.05, 0.1) is 17.5 Å². The molecule has 0 amide bonds. The Morgan fingerprint density at radius 2 is 1.95 bits per heavy atom. The summed E-state index contributed by atoms with van der Waals surface area (Å²) in [7, 11) is 0. The molecule has 0 bridgehead atoms. The standard InChI is InChI=1S/C17H24ClN3O/c1-4-16(22)9-10-19-11-17-12(2)20-21(13(17)3)15-7-5-14(18)6-8-15/h5-8,16,19,22H,4,9-11H2,1-3H3. The number of aryl methyl sites for hydroxylation is 1. The predicted molar refractivity (Wildman–Crippen MR) is 90.7 cm³/mol. The molecule has 2 aromatic rings. The number of aromatic nitrogens is 2. The summed E-state index contributed by atoms with van der Waals surface area (Å²) in [6, 6.07) is 7.68. The van der Waals surface area contributed by atoms with Crippen LogP contribution in [0.1, 0.15) is 36.7 Å². The molecule has 0 spiro atoms. The van der Waals surface area contributed by atoms with E-state index >= 15 is 0 Å². The van der Waals surface area contributed by atoms with Gasteiger partial charge in [-0.2, -0.15) is 5.10 Å². The number of nitrogens with one attached hydrogen (secondary N) is 1. The third-order valence-electron chi connectivity index (χ3n) is 3.94. The van der Waals surface area contributed by atoms with Crippen LogP contribution in [0.4, 0.5) is 0 Å². The Morgan fingerprint density at radius 3 is 2.59 bits per heavy atom. The Bertz CT molecular complexity index is 607. The molecule has 1 atom stereocenters. The van der Waals surface area contributed by atoms with Gasteiger partial charge in [-0.15, -0.1) is 0 Å². The maximum Gasteiger partial charge on any atom is 0.0649 e. The lowest BCUT2D eigenvalue weighted by atomic mass is 10.1. The second kappa shape index (κ2) is 7.77. The van der Waals surface area contributed by atoms with E-state index in [0.717, 1.165) is 48.0 Å². The molecule has 0 aliphatic carbocycles. The largest absolute Gasteiger partial charge is 0.393 e. The number of nitrogens with zero attached hydrogens (tertiary/aromatic N) is 2. The quantitative estimate of drug-likeness (QED) is 0.768. The minimum absolute atomic E-state index is 0.216. The van der Waals surface area contributed by atoms with Gasteiger partial charge in [0.15, 0.2) is 0 Å². The van der Waals surface area contributed by atoms with Crippen molar-refractivity contribution in [1.29, 1.82) is 0 Å². The van der Waals surface area contributed by atoms with Gasteiger partial charge in [-0.25, -0.2) is 4.68 Å². The molecule has 1 heterocycles. The van der Waals surface area contributed by atoms with Crippen LogP contribution in [0.5, 0.6) is 0 Å². The Kier molecular flexibility index (Phi) is 6.00. The molecule has 0 aliphatic heterocycles. The minimum atomic E-state index is -0.216. The number of hydrogen-bond acceptors (Lipinski definition) is 3. The lowest BCUT2D eigenvalue weighted by Gasteiger charge is -2.09. The van der Waals surface area contributed by atoms with Crippen molar-refractivity contribution in [2.24, 2.45) is 0 Å². The molecular weight excluding hydrogens is 298 g/mol. The highest BCUT2D eigenvalue weighted by Gasteiger charge is 2.12. The van der Waals surface area contributed by atoms with Crippen molar-refractivity contribution < 1.29 is 5.11 Å². The van der Waals surface area contributed by atoms with Gasteiger partial charge >= 0.3 is 0 Å². The average molecular weight is 322 g/mol. The molecule has 0 aliphatic rings. The van der Waals surface area contributed by atoms with E-state index in [1.807, 2.05) is 42.8 Å². The van der Waals surface area contributed by atoms with Gasteiger partial charge in [-0.3, -0.25) is 0 Å². The Labute approximate surface area is 137 Å². The lowest BCUT2D eigenvalue weighted by Crippen LogP contribution is -2.20. The van der Waals surface area contributed by atoms with Crippen molar-refractivity contribution in [1.82, 2.24) is 15.1 Å². The molecule has 22 heavy (non-hydrogen) atoms. The molecule has 0 radical (unpaired) electrons. The number of hydrogen-bond donors (Lipinski definition) is 2. The van der Waals surface area contributed by atoms with Crippen LogP contribution in [0.15, 0.2) is 24.3 Å². The van der Waals surface area contributed by atoms with Crippen LogP contribution >= 0.6 is 11.6 Å². The Hall–Kier alpha value is -1.36. The van der Waals surface area contributed by atoms with E-state index in [4.69, 9.17) is 11.6 Å². The maximum absolute atomic E-state index is 9.57. The first-order valence-corrected chi connectivity index (χ1v) is 8.10. The van der Waals surface area contributed by atoms with Crippen molar-refractivity contribution in [2.75, 3.05) is 6.54 Å². The fraction of sp³-hybridized carbons (Fsp3) is 0.471. The zero-order chi connectivity index (χ0) is 16.1. The fourth-order valence-electron chi connectivity index (χ4n) is 2.45. The van der Waals surface area contributed by atoms with Gasteiger partial charge in [0.1, 0.15) is 0 Å². The molecule has 2 rings (SSSR count). The minimum Gasteiger partial charge on any atom is -0.393 e. The second-order valence-corrected chi connectivity index (χ2v) is 6.00. The molecule has 4 nitrogen and oxygen atoms in total. The summed E-state index contributed by atoms with van der Waals surface area (Å²) in [5, 5.41) is 18.3. The normalized spacial score (nSPS) is 12.6. The second-order valence-electron chi connectivity index (χ2n) is 5.57. The SMILES string of the molecule is CCC(O)CCNCc1c(C)nn(-c2ccc(Cl)cc2)c1C. The van der Waals surface area contributed by atoms with Gasteiger partial charge in [0.2, 0.25) is 0 Å². The third kappa shape index (κ3) is 4.09. The number of halogens is 1. The summed E-state index contributed by atoms with van der Waals surface area (Å²) < 4.78 is 1.95. The summed E-state index contributed by atoms with van der Waals surface area (Å²) in [5.74, 6) is 0. The first-order chi connectivity index (χ1) is 10.5. The molecule has 5 heteroatoms. The molecule has 1 aromatic carbocycles. The summed E-state index contributed by atoms with van der Waals surface area (Å²) in [6.45, 7) is 7.67. The van der Waals surface area contributed by atoms with Crippen LogP contribution < -0.4 is 5.32 Å². The number of rotatable bonds is 7. The average Bonchev–Trinajstić information content (AvgIpc) is 2.79. The summed E-state index contributed by atoms with van der Waals surface area (Å²) in [4.78, 5) is 0. The van der Waals surface area contributed by atoms with Gasteiger partial charge in [0, 0.05) is 22.8 Å². The number of aliphatic hydroxyl groups is 1. The molecular formula is C17H24ClN3O. The van der Waals surface area contributed by atoms with Crippen LogP contribution in [-0.4, -0.2) is 27.5 Å². The molecule has 1 unspecified atom stereocenters. The van der Waals surface area contributed by atoms with E-state index in [9.17, 15) is 5.11 Å². The zero-order valence-electron chi connectivity index (χ0n) is 13.4. The van der Waals surface area contributed by atoms with Crippen molar-refractivity contribution >= 4 is 11.6 Å². The Balaban J connectivity index is 2.05. The first-order valence-electron chi connectivity index (χ1n) is 7.72. The van der Waals surface area contributed by atoms with Crippen molar-refractivity contribution in [3.63, 3.8) is 0 Å². The van der Waals surface area contributed by atoms with E-state index in [1.165, 1.54) is 5.56 Å². The van der Waals surface area contributed by atoms with Crippen molar-refractivity contribution in [2.45, 2.75) is 46.3 Å². The van der Waals surface area contributed by atoms with Gasteiger partial charge in [0.25, 0.3) is 0 Å². The molecule has 120 valence electrons. The molecule has 2 N–H and O–H groups in total. The summed E-state index contributed by atoms with van der Waals surface area (Å²) >= 11 is 5.94. The predicted octanol–water partition coefficient (Wildman–Crippen LogP) is 3.39. The number of aliphatic hydroxyl groups excluding tert-OH is 1. The number of benzene rings is 1. The zero-order valence-corrected chi connectivity index (χ0v) is 14.2. The highest BCUT2D eigenvalue weighted by Crippen LogP contribution is 2.19. The Morgan fingerprint density at radius 1 is 1.27 bits per heavy atom. The highest BCUT2D eigenvalue weighted by atomic mass is 35.5. The van der Waals surface area contributed by atoms with Crippen LogP contribution in [0.25, 0.3) is 5.69 Å². The van der Waals surface area contributed by atoms with Crippen LogP contribution in [0.3, 0.4) is 0 Å². The third-order valence-corrected chi connectivity index (χ3v) is 4.19. The van der Waals surface area contributed by atoms with E-state index < -0.39 is 0 Å². The summed E-state index contributed by atoms with van der Waals surface area (Å²) in [5.41, 5.74) is 4.37. The molecule has 1 aromatic heterocycles. The lowest BCUT2D eigenvalue weighted by molar-refractivity contribution is 0.159. The fourth-order valence-corrected chi connectivity index (χ4v) is 2.58. The monoisotopic (exact) mass is 321 g/mol. The van der Waals surface area contributed by atoms with Crippen LogP contribution in [0, 0.1) is 13.8 Å². The van der Waals surface area contributed by atoms with Gasteiger partial charge in [-0.1, -0.05) is 18.5 Å². The summed E-state index contributed by atoms with van der Waals surface area (Å²) in [6.07, 6.45) is 1.36. The smallest absolute Gasteiger partial charge is 0.0649 e. The van der Waals surface area contributed by atoms with E-state index in [1.54, 1.807) is 0 Å².